The molecule has 7 rings (SSSR count). The van der Waals surface area contributed by atoms with Crippen LogP contribution in [0.4, 0.5) is 10.2 Å². The topological polar surface area (TPSA) is 55.6 Å². The van der Waals surface area contributed by atoms with Crippen LogP contribution in [0.15, 0.2) is 134 Å². The second-order valence-electron chi connectivity index (χ2n) is 9.92. The zero-order chi connectivity index (χ0) is 27.8. The normalized spacial score (nSPS) is 11.7. The van der Waals surface area contributed by atoms with Gasteiger partial charge in [-0.25, -0.2) is 9.97 Å². The van der Waals surface area contributed by atoms with Crippen molar-refractivity contribution in [2.45, 2.75) is 5.54 Å². The largest absolute Gasteiger partial charge is 0.373 e. The second-order valence-corrected chi connectivity index (χ2v) is 9.92. The molecule has 0 bridgehead atoms. The van der Waals surface area contributed by atoms with Crippen molar-refractivity contribution in [3.05, 3.63) is 156 Å². The van der Waals surface area contributed by atoms with Crippen molar-refractivity contribution < 1.29 is 4.39 Å². The molecule has 0 atom stereocenters. The van der Waals surface area contributed by atoms with Gasteiger partial charge in [-0.15, -0.1) is 0 Å². The molecule has 0 aliphatic heterocycles. The molecule has 7 aromatic rings. The van der Waals surface area contributed by atoms with Crippen molar-refractivity contribution in [1.29, 1.82) is 0 Å². The van der Waals surface area contributed by atoms with Crippen LogP contribution in [-0.2, 0) is 5.54 Å². The van der Waals surface area contributed by atoms with E-state index in [1.54, 1.807) is 7.05 Å². The molecule has 0 radical (unpaired) electrons. The van der Waals surface area contributed by atoms with Crippen LogP contribution in [0.1, 0.15) is 16.7 Å². The Hall–Kier alpha value is -5.36. The fraction of sp³-hybridized carbons (Fsp3) is 0.0571. The number of nitrogens with one attached hydrogen (secondary N) is 1. The van der Waals surface area contributed by atoms with Crippen LogP contribution in [0.2, 0.25) is 0 Å². The summed E-state index contributed by atoms with van der Waals surface area (Å²) < 4.78 is 16.8. The van der Waals surface area contributed by atoms with Crippen LogP contribution in [0.3, 0.4) is 0 Å². The van der Waals surface area contributed by atoms with Gasteiger partial charge in [0.15, 0.2) is 0 Å². The fourth-order valence-corrected chi connectivity index (χ4v) is 5.93. The summed E-state index contributed by atoms with van der Waals surface area (Å²) in [6.45, 7) is 0. The number of hydrogen-bond acceptors (Lipinski definition) is 4. The maximum Gasteiger partial charge on any atom is 0.215 e. The van der Waals surface area contributed by atoms with E-state index in [0.29, 0.717) is 17.1 Å². The van der Waals surface area contributed by atoms with Crippen LogP contribution in [0.5, 0.6) is 0 Å². The van der Waals surface area contributed by atoms with E-state index in [4.69, 9.17) is 4.98 Å². The summed E-state index contributed by atoms with van der Waals surface area (Å²) in [6.07, 6.45) is 3.72. The average Bonchev–Trinajstić information content (AvgIpc) is 3.37. The third-order valence-corrected chi connectivity index (χ3v) is 7.67. The summed E-state index contributed by atoms with van der Waals surface area (Å²) in [6, 6.07) is 40.8. The monoisotopic (exact) mass is 535 g/mol. The molecule has 0 saturated heterocycles. The summed E-state index contributed by atoms with van der Waals surface area (Å²) in [5.41, 5.74) is 5.54. The Morgan fingerprint density at radius 2 is 1.29 bits per heavy atom. The van der Waals surface area contributed by atoms with E-state index < -0.39 is 11.5 Å². The van der Waals surface area contributed by atoms with E-state index in [-0.39, 0.29) is 0 Å². The lowest BCUT2D eigenvalue weighted by molar-refractivity contribution is 0.546. The van der Waals surface area contributed by atoms with Gasteiger partial charge in [0, 0.05) is 41.8 Å². The maximum atomic E-state index is 14.5. The Bertz CT molecular complexity index is 1890. The first kappa shape index (κ1) is 24.7. The van der Waals surface area contributed by atoms with Crippen LogP contribution in [0.25, 0.3) is 33.2 Å². The highest BCUT2D eigenvalue weighted by Gasteiger charge is 2.41. The molecule has 0 fully saturated rings. The molecule has 6 heteroatoms. The fourth-order valence-electron chi connectivity index (χ4n) is 5.93. The molecule has 198 valence electrons. The molecule has 0 saturated carbocycles. The van der Waals surface area contributed by atoms with Crippen LogP contribution >= 0.6 is 0 Å². The van der Waals surface area contributed by atoms with Crippen molar-refractivity contribution >= 4 is 27.8 Å². The summed E-state index contributed by atoms with van der Waals surface area (Å²) in [7, 11) is 1.72. The first-order chi connectivity index (χ1) is 20.2. The lowest BCUT2D eigenvalue weighted by atomic mass is 9.76. The van der Waals surface area contributed by atoms with Gasteiger partial charge in [0.05, 0.1) is 11.2 Å². The molecule has 0 aliphatic rings. The SMILES string of the molecule is CNc1cc(-c2ccc3c4cnccc4n(C(c4ccccc4)(c4ccccc4)c4ccccc4)c3n2)cc(F)n1. The molecule has 4 aromatic heterocycles. The molecule has 0 unspecified atom stereocenters. The Kier molecular flexibility index (Phi) is 6.01. The van der Waals surface area contributed by atoms with Crippen LogP contribution in [-0.4, -0.2) is 26.6 Å². The van der Waals surface area contributed by atoms with Gasteiger partial charge in [-0.3, -0.25) is 4.98 Å². The molecule has 0 amide bonds. The van der Waals surface area contributed by atoms with Crippen molar-refractivity contribution in [1.82, 2.24) is 19.5 Å². The highest BCUT2D eigenvalue weighted by Crippen LogP contribution is 2.46. The van der Waals surface area contributed by atoms with Crippen molar-refractivity contribution in [3.63, 3.8) is 0 Å². The predicted octanol–water partition coefficient (Wildman–Crippen LogP) is 7.67. The number of anilines is 1. The van der Waals surface area contributed by atoms with Crippen molar-refractivity contribution in [2.24, 2.45) is 0 Å². The minimum atomic E-state index is -0.781. The highest BCUT2D eigenvalue weighted by molar-refractivity contribution is 6.07. The van der Waals surface area contributed by atoms with E-state index >= 15 is 0 Å². The number of benzene rings is 3. The van der Waals surface area contributed by atoms with Crippen molar-refractivity contribution in [3.8, 4) is 11.3 Å². The molecular formula is C35H26FN5. The van der Waals surface area contributed by atoms with Crippen molar-refractivity contribution in [2.75, 3.05) is 12.4 Å². The predicted molar refractivity (Wildman–Crippen MR) is 162 cm³/mol. The van der Waals surface area contributed by atoms with Gasteiger partial charge >= 0.3 is 0 Å². The van der Waals surface area contributed by atoms with Gasteiger partial charge in [-0.1, -0.05) is 91.0 Å². The summed E-state index contributed by atoms with van der Waals surface area (Å²) in [5.74, 6) is -0.121. The lowest BCUT2D eigenvalue weighted by Gasteiger charge is -2.38. The summed E-state index contributed by atoms with van der Waals surface area (Å²) in [4.78, 5) is 13.7. The average molecular weight is 536 g/mol. The van der Waals surface area contributed by atoms with E-state index in [0.717, 1.165) is 38.6 Å². The molecule has 41 heavy (non-hydrogen) atoms. The zero-order valence-corrected chi connectivity index (χ0v) is 22.4. The number of fused-ring (bicyclic) bond motifs is 3. The molecule has 1 N–H and O–H groups in total. The third kappa shape index (κ3) is 3.95. The minimum absolute atomic E-state index is 0.443. The molecule has 0 spiro atoms. The number of aromatic nitrogens is 4. The van der Waals surface area contributed by atoms with Crippen LogP contribution in [0, 0.1) is 5.95 Å². The first-order valence-corrected chi connectivity index (χ1v) is 13.5. The van der Waals surface area contributed by atoms with Gasteiger partial charge in [-0.05, 0) is 41.0 Å². The van der Waals surface area contributed by atoms with Crippen LogP contribution < -0.4 is 5.32 Å². The number of halogens is 1. The number of rotatable bonds is 6. The Labute approximate surface area is 237 Å². The van der Waals surface area contributed by atoms with E-state index in [9.17, 15) is 4.39 Å². The van der Waals surface area contributed by atoms with E-state index in [1.807, 2.05) is 48.8 Å². The summed E-state index contributed by atoms with van der Waals surface area (Å²) >= 11 is 0. The Morgan fingerprint density at radius 3 is 1.88 bits per heavy atom. The Balaban J connectivity index is 1.67. The quantitative estimate of drug-likeness (QED) is 0.175. The molecular weight excluding hydrogens is 509 g/mol. The van der Waals surface area contributed by atoms with E-state index in [2.05, 4.69) is 98.7 Å². The first-order valence-electron chi connectivity index (χ1n) is 13.5. The second kappa shape index (κ2) is 9.99. The lowest BCUT2D eigenvalue weighted by Crippen LogP contribution is -2.37. The zero-order valence-electron chi connectivity index (χ0n) is 22.4. The standard InChI is InChI=1S/C35H26FN5/c1-37-33-22-24(21-32(36)40-33)30-18-17-28-29-23-38-20-19-31(29)41(34(28)39-30)35(25-11-5-2-6-12-25,26-13-7-3-8-14-26)27-15-9-4-10-16-27/h2-23H,1H3,(H,37,40). The van der Waals surface area contributed by atoms with E-state index in [1.165, 1.54) is 6.07 Å². The highest BCUT2D eigenvalue weighted by atomic mass is 19.1. The molecule has 3 aromatic carbocycles. The van der Waals surface area contributed by atoms with Gasteiger partial charge in [-0.2, -0.15) is 4.39 Å². The number of pyridine rings is 3. The molecule has 5 nitrogen and oxygen atoms in total. The third-order valence-electron chi connectivity index (χ3n) is 7.67. The van der Waals surface area contributed by atoms with Gasteiger partial charge in [0.2, 0.25) is 5.95 Å². The smallest absolute Gasteiger partial charge is 0.215 e. The minimum Gasteiger partial charge on any atom is -0.373 e. The molecule has 0 aliphatic carbocycles. The van der Waals surface area contributed by atoms with Gasteiger partial charge in [0.25, 0.3) is 0 Å². The van der Waals surface area contributed by atoms with Gasteiger partial charge < -0.3 is 9.88 Å². The maximum absolute atomic E-state index is 14.5. The van der Waals surface area contributed by atoms with Gasteiger partial charge in [0.1, 0.15) is 17.0 Å². The molecule has 4 heterocycles. The number of nitrogens with zero attached hydrogens (tertiary/aromatic N) is 4. The summed E-state index contributed by atoms with van der Waals surface area (Å²) in [5, 5.41) is 4.90. The Morgan fingerprint density at radius 1 is 0.683 bits per heavy atom. The number of hydrogen-bond donors (Lipinski definition) is 1.